The maximum atomic E-state index is 5.88. The lowest BCUT2D eigenvalue weighted by molar-refractivity contribution is 0.439. The van der Waals surface area contributed by atoms with Crippen molar-refractivity contribution in [2.75, 3.05) is 6.54 Å². The van der Waals surface area contributed by atoms with Crippen molar-refractivity contribution in [2.24, 2.45) is 11.7 Å². The van der Waals surface area contributed by atoms with Gasteiger partial charge in [0, 0.05) is 30.4 Å². The first-order valence-corrected chi connectivity index (χ1v) is 6.10. The van der Waals surface area contributed by atoms with Crippen LogP contribution in [0.3, 0.4) is 0 Å². The molecule has 0 saturated heterocycles. The molecule has 3 heteroatoms. The van der Waals surface area contributed by atoms with E-state index in [9.17, 15) is 0 Å². The number of aromatic nitrogens is 2. The van der Waals surface area contributed by atoms with Crippen molar-refractivity contribution < 1.29 is 0 Å². The molecule has 3 nitrogen and oxygen atoms in total. The summed E-state index contributed by atoms with van der Waals surface area (Å²) in [6.45, 7) is 5.15. The highest BCUT2D eigenvalue weighted by atomic mass is 15.1. The van der Waals surface area contributed by atoms with Crippen LogP contribution in [0.15, 0.2) is 24.7 Å². The van der Waals surface area contributed by atoms with E-state index < -0.39 is 0 Å². The molecule has 0 aliphatic heterocycles. The number of hydrogen-bond donors (Lipinski definition) is 1. The lowest BCUT2D eigenvalue weighted by Crippen LogP contribution is -2.22. The van der Waals surface area contributed by atoms with Crippen LogP contribution in [0.4, 0.5) is 0 Å². The number of hydrogen-bond acceptors (Lipinski definition) is 2. The molecule has 0 aromatic carbocycles. The number of imidazole rings is 1. The number of nitrogens with two attached hydrogens (primary N) is 1. The van der Waals surface area contributed by atoms with Crippen molar-refractivity contribution >= 4 is 0 Å². The van der Waals surface area contributed by atoms with E-state index in [1.54, 1.807) is 0 Å². The van der Waals surface area contributed by atoms with Crippen LogP contribution < -0.4 is 5.73 Å². The third-order valence-corrected chi connectivity index (χ3v) is 3.51. The lowest BCUT2D eigenvalue weighted by atomic mass is 9.92. The topological polar surface area (TPSA) is 43.8 Å². The molecule has 1 aliphatic rings. The van der Waals surface area contributed by atoms with Gasteiger partial charge in [-0.3, -0.25) is 0 Å². The van der Waals surface area contributed by atoms with Crippen LogP contribution in [-0.4, -0.2) is 16.1 Å². The minimum atomic E-state index is 0.420. The highest BCUT2D eigenvalue weighted by molar-refractivity contribution is 5.12. The molecule has 0 saturated carbocycles. The van der Waals surface area contributed by atoms with Gasteiger partial charge < -0.3 is 10.3 Å². The van der Waals surface area contributed by atoms with Crippen molar-refractivity contribution in [3.05, 3.63) is 30.4 Å². The zero-order valence-electron chi connectivity index (χ0n) is 10.1. The monoisotopic (exact) mass is 219 g/mol. The summed E-state index contributed by atoms with van der Waals surface area (Å²) in [4.78, 5) is 4.30. The molecule has 2 rings (SSSR count). The standard InChI is InChI=1S/C13H21N3/c1-10(2)12(7-14)13-8-15-9-16(13)11-5-3-4-6-11/h3-4,8-12H,5-7,14H2,1-2H3. The van der Waals surface area contributed by atoms with Crippen LogP contribution >= 0.6 is 0 Å². The molecule has 88 valence electrons. The van der Waals surface area contributed by atoms with Crippen molar-refractivity contribution in [1.82, 2.24) is 9.55 Å². The Hall–Kier alpha value is -1.09. The number of rotatable bonds is 4. The second-order valence-electron chi connectivity index (χ2n) is 4.91. The third kappa shape index (κ3) is 2.05. The Bertz CT molecular complexity index is 357. The Morgan fingerprint density at radius 3 is 2.69 bits per heavy atom. The SMILES string of the molecule is CC(C)C(CN)c1cncn1C1CC=CC1. The van der Waals surface area contributed by atoms with Gasteiger partial charge in [-0.05, 0) is 18.8 Å². The van der Waals surface area contributed by atoms with Gasteiger partial charge in [-0.1, -0.05) is 26.0 Å². The molecular formula is C13H21N3. The van der Waals surface area contributed by atoms with E-state index in [-0.39, 0.29) is 0 Å². The van der Waals surface area contributed by atoms with E-state index in [4.69, 9.17) is 5.73 Å². The summed E-state index contributed by atoms with van der Waals surface area (Å²) in [5.41, 5.74) is 7.17. The Morgan fingerprint density at radius 1 is 1.44 bits per heavy atom. The van der Waals surface area contributed by atoms with E-state index in [0.29, 0.717) is 24.4 Å². The van der Waals surface area contributed by atoms with E-state index in [1.165, 1.54) is 5.69 Å². The summed E-state index contributed by atoms with van der Waals surface area (Å²) in [7, 11) is 0. The van der Waals surface area contributed by atoms with Gasteiger partial charge in [0.2, 0.25) is 0 Å². The van der Waals surface area contributed by atoms with Gasteiger partial charge in [-0.25, -0.2) is 4.98 Å². The molecule has 1 heterocycles. The molecule has 0 spiro atoms. The summed E-state index contributed by atoms with van der Waals surface area (Å²) in [6.07, 6.45) is 10.7. The molecule has 0 amide bonds. The Labute approximate surface area is 97.4 Å². The van der Waals surface area contributed by atoms with Gasteiger partial charge in [0.05, 0.1) is 6.33 Å². The summed E-state index contributed by atoms with van der Waals surface area (Å²) in [6, 6.07) is 0.560. The highest BCUT2D eigenvalue weighted by Gasteiger charge is 2.22. The minimum absolute atomic E-state index is 0.420. The van der Waals surface area contributed by atoms with Gasteiger partial charge in [0.25, 0.3) is 0 Å². The molecule has 2 N–H and O–H groups in total. The average Bonchev–Trinajstić information content (AvgIpc) is 2.86. The summed E-state index contributed by atoms with van der Waals surface area (Å²) >= 11 is 0. The quantitative estimate of drug-likeness (QED) is 0.791. The van der Waals surface area contributed by atoms with Crippen LogP contribution in [-0.2, 0) is 0 Å². The molecule has 1 aromatic heterocycles. The Balaban J connectivity index is 2.23. The molecule has 0 radical (unpaired) electrons. The van der Waals surface area contributed by atoms with Crippen LogP contribution in [0.2, 0.25) is 0 Å². The second kappa shape index (κ2) is 4.83. The van der Waals surface area contributed by atoms with Crippen molar-refractivity contribution in [1.29, 1.82) is 0 Å². The van der Waals surface area contributed by atoms with Gasteiger partial charge in [0.15, 0.2) is 0 Å². The molecule has 0 bridgehead atoms. The number of allylic oxidation sites excluding steroid dienone is 2. The molecule has 1 unspecified atom stereocenters. The van der Waals surface area contributed by atoms with Gasteiger partial charge in [-0.2, -0.15) is 0 Å². The second-order valence-corrected chi connectivity index (χ2v) is 4.91. The smallest absolute Gasteiger partial charge is 0.0951 e. The maximum Gasteiger partial charge on any atom is 0.0951 e. The van der Waals surface area contributed by atoms with Gasteiger partial charge >= 0.3 is 0 Å². The van der Waals surface area contributed by atoms with E-state index >= 15 is 0 Å². The van der Waals surface area contributed by atoms with Crippen molar-refractivity contribution in [3.63, 3.8) is 0 Å². The molecule has 1 atom stereocenters. The fourth-order valence-corrected chi connectivity index (χ4v) is 2.47. The predicted molar refractivity (Wildman–Crippen MR) is 66.3 cm³/mol. The van der Waals surface area contributed by atoms with Crippen LogP contribution in [0, 0.1) is 5.92 Å². The largest absolute Gasteiger partial charge is 0.331 e. The lowest BCUT2D eigenvalue weighted by Gasteiger charge is -2.23. The van der Waals surface area contributed by atoms with Crippen molar-refractivity contribution in [2.45, 2.75) is 38.6 Å². The van der Waals surface area contributed by atoms with E-state index in [2.05, 4.69) is 35.6 Å². The van der Waals surface area contributed by atoms with Crippen LogP contribution in [0.25, 0.3) is 0 Å². The molecule has 16 heavy (non-hydrogen) atoms. The van der Waals surface area contributed by atoms with E-state index in [1.807, 2.05) is 12.5 Å². The Kier molecular flexibility index (Phi) is 3.44. The average molecular weight is 219 g/mol. The fourth-order valence-electron chi connectivity index (χ4n) is 2.47. The zero-order valence-corrected chi connectivity index (χ0v) is 10.1. The first-order valence-electron chi connectivity index (χ1n) is 6.10. The summed E-state index contributed by atoms with van der Waals surface area (Å²) in [5, 5.41) is 0. The van der Waals surface area contributed by atoms with Crippen LogP contribution in [0.5, 0.6) is 0 Å². The normalized spacial score (nSPS) is 18.5. The minimum Gasteiger partial charge on any atom is -0.331 e. The molecule has 1 aromatic rings. The van der Waals surface area contributed by atoms with Gasteiger partial charge in [0.1, 0.15) is 0 Å². The highest BCUT2D eigenvalue weighted by Crippen LogP contribution is 2.30. The zero-order chi connectivity index (χ0) is 11.5. The van der Waals surface area contributed by atoms with Gasteiger partial charge in [-0.15, -0.1) is 0 Å². The van der Waals surface area contributed by atoms with Crippen LogP contribution in [0.1, 0.15) is 44.3 Å². The summed E-state index contributed by atoms with van der Waals surface area (Å²) < 4.78 is 2.32. The molecule has 0 fully saturated rings. The predicted octanol–water partition coefficient (Wildman–Crippen LogP) is 2.47. The third-order valence-electron chi connectivity index (χ3n) is 3.51. The fraction of sp³-hybridized carbons (Fsp3) is 0.615. The number of nitrogens with zero attached hydrogens (tertiary/aromatic N) is 2. The first kappa shape index (κ1) is 11.4. The molecular weight excluding hydrogens is 198 g/mol. The first-order chi connectivity index (χ1) is 7.74. The Morgan fingerprint density at radius 2 is 2.12 bits per heavy atom. The van der Waals surface area contributed by atoms with Crippen molar-refractivity contribution in [3.8, 4) is 0 Å². The molecule has 1 aliphatic carbocycles. The van der Waals surface area contributed by atoms with E-state index in [0.717, 1.165) is 12.8 Å². The maximum absolute atomic E-state index is 5.88. The summed E-state index contributed by atoms with van der Waals surface area (Å²) in [5.74, 6) is 0.984.